The molecule has 15 heavy (non-hydrogen) atoms. The second kappa shape index (κ2) is 3.67. The van der Waals surface area contributed by atoms with Gasteiger partial charge in [-0.15, -0.1) is 5.10 Å². The highest BCUT2D eigenvalue weighted by Gasteiger charge is 2.14. The number of halogens is 2. The molecule has 0 unspecified atom stereocenters. The van der Waals surface area contributed by atoms with Crippen molar-refractivity contribution >= 4 is 23.2 Å². The number of hydrogen-bond acceptors (Lipinski definition) is 4. The first-order valence-electron chi connectivity index (χ1n) is 3.95. The smallest absolute Gasteiger partial charge is 0.392 e. The summed E-state index contributed by atoms with van der Waals surface area (Å²) in [5.74, 6) is -0.397. The number of pyridine rings is 1. The summed E-state index contributed by atoms with van der Waals surface area (Å²) in [5.41, 5.74) is 0.273. The molecule has 0 aliphatic carbocycles. The first-order chi connectivity index (χ1) is 7.09. The fourth-order valence-corrected chi connectivity index (χ4v) is 1.64. The maximum atomic E-state index is 11.3. The summed E-state index contributed by atoms with van der Waals surface area (Å²) in [6.45, 7) is 1.56. The summed E-state index contributed by atoms with van der Waals surface area (Å²) in [5, 5.41) is 4.31. The van der Waals surface area contributed by atoms with Crippen LogP contribution in [0.3, 0.4) is 0 Å². The van der Waals surface area contributed by atoms with E-state index < -0.39 is 5.76 Å². The van der Waals surface area contributed by atoms with Crippen LogP contribution in [0.4, 0.5) is 0 Å². The van der Waals surface area contributed by atoms with Gasteiger partial charge in [-0.1, -0.05) is 23.2 Å². The predicted octanol–water partition coefficient (Wildman–Crippen LogP) is 1.84. The molecule has 0 fully saturated rings. The van der Waals surface area contributed by atoms with Gasteiger partial charge in [-0.25, -0.2) is 4.79 Å². The van der Waals surface area contributed by atoms with Crippen molar-refractivity contribution in [2.45, 2.75) is 6.92 Å². The van der Waals surface area contributed by atoms with Crippen LogP contribution < -0.4 is 5.76 Å². The second-order valence-electron chi connectivity index (χ2n) is 2.75. The van der Waals surface area contributed by atoms with E-state index >= 15 is 0 Å². The Morgan fingerprint density at radius 1 is 1.33 bits per heavy atom. The molecule has 2 aromatic heterocycles. The standard InChI is InChI=1S/C8H5Cl2N3O2/c1-4-12-13(8(14)15-4)7-5(9)2-11-3-6(7)10/h2-3H,1H3. The monoisotopic (exact) mass is 245 g/mol. The lowest BCUT2D eigenvalue weighted by molar-refractivity contribution is 0.477. The molecule has 0 atom stereocenters. The summed E-state index contributed by atoms with van der Waals surface area (Å²) in [6, 6.07) is 0. The molecule has 0 saturated carbocycles. The molecule has 0 aromatic carbocycles. The minimum atomic E-state index is -0.637. The number of aromatic nitrogens is 3. The van der Waals surface area contributed by atoms with Crippen LogP contribution in [0.15, 0.2) is 21.6 Å². The Labute approximate surface area is 94.3 Å². The van der Waals surface area contributed by atoms with Crippen molar-refractivity contribution in [2.75, 3.05) is 0 Å². The lowest BCUT2D eigenvalue weighted by atomic mass is 10.4. The molecular formula is C8H5Cl2N3O2. The van der Waals surface area contributed by atoms with Crippen LogP contribution in [-0.2, 0) is 0 Å². The molecule has 2 rings (SSSR count). The Kier molecular flexibility index (Phi) is 2.50. The van der Waals surface area contributed by atoms with Gasteiger partial charge in [0.2, 0.25) is 5.89 Å². The molecule has 7 heteroatoms. The number of aryl methyl sites for hydroxylation is 1. The number of nitrogens with zero attached hydrogens (tertiary/aromatic N) is 3. The SMILES string of the molecule is Cc1nn(-c2c(Cl)cncc2Cl)c(=O)o1. The van der Waals surface area contributed by atoms with Crippen molar-refractivity contribution in [2.24, 2.45) is 0 Å². The van der Waals surface area contributed by atoms with E-state index in [-0.39, 0.29) is 21.6 Å². The molecule has 78 valence electrons. The zero-order chi connectivity index (χ0) is 11.0. The Hall–Kier alpha value is -1.33. The molecule has 0 aliphatic rings. The summed E-state index contributed by atoms with van der Waals surface area (Å²) in [7, 11) is 0. The Morgan fingerprint density at radius 3 is 2.40 bits per heavy atom. The minimum absolute atomic E-state index is 0.234. The van der Waals surface area contributed by atoms with Gasteiger partial charge in [-0.2, -0.15) is 4.68 Å². The number of hydrogen-bond donors (Lipinski definition) is 0. The normalized spacial score (nSPS) is 10.6. The Bertz CT molecular complexity index is 541. The van der Waals surface area contributed by atoms with Crippen LogP contribution >= 0.6 is 23.2 Å². The molecule has 0 spiro atoms. The molecule has 0 bridgehead atoms. The molecule has 0 saturated heterocycles. The molecule has 2 heterocycles. The van der Waals surface area contributed by atoms with Crippen LogP contribution in [0.25, 0.3) is 5.69 Å². The van der Waals surface area contributed by atoms with Crippen LogP contribution in [0.2, 0.25) is 10.0 Å². The molecule has 0 amide bonds. The lowest BCUT2D eigenvalue weighted by Crippen LogP contribution is -2.14. The summed E-state index contributed by atoms with van der Waals surface area (Å²) >= 11 is 11.7. The van der Waals surface area contributed by atoms with Crippen LogP contribution in [-0.4, -0.2) is 14.8 Å². The van der Waals surface area contributed by atoms with E-state index in [0.717, 1.165) is 4.68 Å². The van der Waals surface area contributed by atoms with Crippen LogP contribution in [0.1, 0.15) is 5.89 Å². The third kappa shape index (κ3) is 1.75. The van der Waals surface area contributed by atoms with Crippen molar-refractivity contribution in [3.8, 4) is 5.69 Å². The quantitative estimate of drug-likeness (QED) is 0.770. The first kappa shape index (κ1) is 10.2. The van der Waals surface area contributed by atoms with Crippen molar-refractivity contribution in [3.63, 3.8) is 0 Å². The molecule has 5 nitrogen and oxygen atoms in total. The van der Waals surface area contributed by atoms with Crippen LogP contribution in [0, 0.1) is 6.92 Å². The van der Waals surface area contributed by atoms with Gasteiger partial charge in [0.1, 0.15) is 5.69 Å². The third-order valence-corrected chi connectivity index (χ3v) is 2.24. The van der Waals surface area contributed by atoms with Gasteiger partial charge >= 0.3 is 5.76 Å². The zero-order valence-electron chi connectivity index (χ0n) is 7.57. The van der Waals surface area contributed by atoms with Crippen LogP contribution in [0.5, 0.6) is 0 Å². The molecule has 0 N–H and O–H groups in total. The predicted molar refractivity (Wildman–Crippen MR) is 54.7 cm³/mol. The van der Waals surface area contributed by atoms with Crippen molar-refractivity contribution in [3.05, 3.63) is 38.9 Å². The van der Waals surface area contributed by atoms with Crippen molar-refractivity contribution < 1.29 is 4.42 Å². The number of rotatable bonds is 1. The van der Waals surface area contributed by atoms with E-state index in [1.807, 2.05) is 0 Å². The first-order valence-corrected chi connectivity index (χ1v) is 4.71. The van der Waals surface area contributed by atoms with Gasteiger partial charge in [0.15, 0.2) is 0 Å². The van der Waals surface area contributed by atoms with Gasteiger partial charge < -0.3 is 4.42 Å². The summed E-state index contributed by atoms with van der Waals surface area (Å²) in [4.78, 5) is 15.1. The highest BCUT2D eigenvalue weighted by atomic mass is 35.5. The van der Waals surface area contributed by atoms with E-state index in [9.17, 15) is 4.79 Å². The zero-order valence-corrected chi connectivity index (χ0v) is 9.08. The van der Waals surface area contributed by atoms with E-state index in [4.69, 9.17) is 27.6 Å². The largest absolute Gasteiger partial charge is 0.442 e. The molecule has 2 aromatic rings. The minimum Gasteiger partial charge on any atom is -0.392 e. The van der Waals surface area contributed by atoms with Gasteiger partial charge in [0.05, 0.1) is 10.0 Å². The average Bonchev–Trinajstić information content (AvgIpc) is 2.45. The molecular weight excluding hydrogens is 241 g/mol. The third-order valence-electron chi connectivity index (χ3n) is 1.69. The van der Waals surface area contributed by atoms with Gasteiger partial charge in [0.25, 0.3) is 0 Å². The maximum absolute atomic E-state index is 11.3. The topological polar surface area (TPSA) is 60.9 Å². The fraction of sp³-hybridized carbons (Fsp3) is 0.125. The highest BCUT2D eigenvalue weighted by molar-refractivity contribution is 6.37. The maximum Gasteiger partial charge on any atom is 0.442 e. The summed E-state index contributed by atoms with van der Waals surface area (Å²) in [6.07, 6.45) is 2.75. The Balaban J connectivity index is 2.74. The van der Waals surface area contributed by atoms with Crippen molar-refractivity contribution in [1.82, 2.24) is 14.8 Å². The summed E-state index contributed by atoms with van der Waals surface area (Å²) < 4.78 is 5.74. The molecule has 0 radical (unpaired) electrons. The highest BCUT2D eigenvalue weighted by Crippen LogP contribution is 2.25. The van der Waals surface area contributed by atoms with E-state index in [2.05, 4.69) is 10.1 Å². The van der Waals surface area contributed by atoms with Gasteiger partial charge in [0, 0.05) is 19.3 Å². The lowest BCUT2D eigenvalue weighted by Gasteiger charge is -2.02. The molecule has 0 aliphatic heterocycles. The van der Waals surface area contributed by atoms with E-state index in [1.54, 1.807) is 6.92 Å². The van der Waals surface area contributed by atoms with E-state index in [1.165, 1.54) is 12.4 Å². The van der Waals surface area contributed by atoms with E-state index in [0.29, 0.717) is 0 Å². The van der Waals surface area contributed by atoms with Gasteiger partial charge in [-0.05, 0) is 0 Å². The Morgan fingerprint density at radius 2 is 1.93 bits per heavy atom. The second-order valence-corrected chi connectivity index (χ2v) is 3.56. The fourth-order valence-electron chi connectivity index (χ4n) is 1.12. The average molecular weight is 246 g/mol. The van der Waals surface area contributed by atoms with Crippen molar-refractivity contribution in [1.29, 1.82) is 0 Å². The van der Waals surface area contributed by atoms with Gasteiger partial charge in [-0.3, -0.25) is 4.98 Å².